The van der Waals surface area contributed by atoms with Crippen molar-refractivity contribution < 1.29 is 9.53 Å². The molecule has 1 aliphatic rings. The molecule has 3 heteroatoms. The minimum atomic E-state index is -0.417. The van der Waals surface area contributed by atoms with Crippen LogP contribution in [0.5, 0.6) is 0 Å². The Morgan fingerprint density at radius 2 is 2.08 bits per heavy atom. The molecule has 0 aromatic rings. The highest BCUT2D eigenvalue weighted by Crippen LogP contribution is 2.52. The Balaban J connectivity index is 2.54. The summed E-state index contributed by atoms with van der Waals surface area (Å²) in [5.41, 5.74) is 5.90. The summed E-state index contributed by atoms with van der Waals surface area (Å²) in [6.45, 7) is 4.31. The topological polar surface area (TPSA) is 52.3 Å². The molecule has 0 heterocycles. The summed E-state index contributed by atoms with van der Waals surface area (Å²) >= 11 is 0. The smallest absolute Gasteiger partial charge is 0.323 e. The zero-order valence-electron chi connectivity index (χ0n) is 8.67. The molecule has 0 spiro atoms. The van der Waals surface area contributed by atoms with Gasteiger partial charge in [0.15, 0.2) is 0 Å². The van der Waals surface area contributed by atoms with Crippen molar-refractivity contribution in [2.75, 3.05) is 7.11 Å². The molecular formula is C10H19NO2. The van der Waals surface area contributed by atoms with Crippen LogP contribution in [0.3, 0.4) is 0 Å². The van der Waals surface area contributed by atoms with E-state index < -0.39 is 6.04 Å². The van der Waals surface area contributed by atoms with E-state index in [2.05, 4.69) is 18.6 Å². The number of esters is 1. The van der Waals surface area contributed by atoms with E-state index in [1.165, 1.54) is 7.11 Å². The number of hydrogen-bond donors (Lipinski definition) is 1. The number of ether oxygens (including phenoxy) is 1. The fourth-order valence-corrected chi connectivity index (χ4v) is 1.99. The van der Waals surface area contributed by atoms with Crippen LogP contribution in [0.15, 0.2) is 0 Å². The SMILES string of the molecule is COC(=O)C(N)C1(CC(C)C)CC1. The van der Waals surface area contributed by atoms with Crippen LogP contribution >= 0.6 is 0 Å². The summed E-state index contributed by atoms with van der Waals surface area (Å²) in [5, 5.41) is 0. The van der Waals surface area contributed by atoms with Gasteiger partial charge in [-0.3, -0.25) is 4.79 Å². The predicted molar refractivity (Wildman–Crippen MR) is 51.1 cm³/mol. The molecule has 1 fully saturated rings. The third-order valence-electron chi connectivity index (χ3n) is 2.82. The van der Waals surface area contributed by atoms with Gasteiger partial charge in [-0.2, -0.15) is 0 Å². The van der Waals surface area contributed by atoms with E-state index in [0.717, 1.165) is 19.3 Å². The zero-order chi connectivity index (χ0) is 10.1. The monoisotopic (exact) mass is 185 g/mol. The minimum Gasteiger partial charge on any atom is -0.468 e. The highest BCUT2D eigenvalue weighted by Gasteiger charge is 2.51. The Morgan fingerprint density at radius 1 is 1.54 bits per heavy atom. The second-order valence-corrected chi connectivity index (χ2v) is 4.46. The Bertz CT molecular complexity index is 197. The summed E-state index contributed by atoms with van der Waals surface area (Å²) < 4.78 is 4.66. The number of rotatable bonds is 4. The number of nitrogens with two attached hydrogens (primary N) is 1. The molecule has 0 amide bonds. The van der Waals surface area contributed by atoms with E-state index in [4.69, 9.17) is 5.73 Å². The van der Waals surface area contributed by atoms with E-state index in [9.17, 15) is 4.79 Å². The lowest BCUT2D eigenvalue weighted by atomic mass is 9.87. The van der Waals surface area contributed by atoms with Gasteiger partial charge < -0.3 is 10.5 Å². The minimum absolute atomic E-state index is 0.0568. The van der Waals surface area contributed by atoms with Crippen LogP contribution in [-0.4, -0.2) is 19.1 Å². The first kappa shape index (κ1) is 10.5. The van der Waals surface area contributed by atoms with Gasteiger partial charge in [0.05, 0.1) is 7.11 Å². The molecule has 0 aromatic carbocycles. The Hall–Kier alpha value is -0.570. The van der Waals surface area contributed by atoms with Crippen LogP contribution in [-0.2, 0) is 9.53 Å². The van der Waals surface area contributed by atoms with Crippen molar-refractivity contribution in [1.82, 2.24) is 0 Å². The van der Waals surface area contributed by atoms with Gasteiger partial charge in [-0.15, -0.1) is 0 Å². The average molecular weight is 185 g/mol. The van der Waals surface area contributed by atoms with Crippen molar-refractivity contribution in [1.29, 1.82) is 0 Å². The summed E-state index contributed by atoms with van der Waals surface area (Å²) in [6.07, 6.45) is 3.17. The normalized spacial score (nSPS) is 21.3. The molecule has 0 bridgehead atoms. The molecule has 0 radical (unpaired) electrons. The Morgan fingerprint density at radius 3 is 2.38 bits per heavy atom. The first-order chi connectivity index (χ1) is 6.02. The molecule has 0 aromatic heterocycles. The zero-order valence-corrected chi connectivity index (χ0v) is 8.67. The molecule has 13 heavy (non-hydrogen) atoms. The number of carbonyl (C=O) groups excluding carboxylic acids is 1. The molecule has 1 rings (SSSR count). The molecule has 1 atom stereocenters. The molecule has 1 unspecified atom stereocenters. The summed E-state index contributed by atoms with van der Waals surface area (Å²) in [7, 11) is 1.40. The van der Waals surface area contributed by atoms with E-state index in [-0.39, 0.29) is 11.4 Å². The number of methoxy groups -OCH3 is 1. The quantitative estimate of drug-likeness (QED) is 0.672. The lowest BCUT2D eigenvalue weighted by Gasteiger charge is -2.22. The average Bonchev–Trinajstić information content (AvgIpc) is 2.82. The van der Waals surface area contributed by atoms with Gasteiger partial charge >= 0.3 is 5.97 Å². The van der Waals surface area contributed by atoms with Crippen LogP contribution < -0.4 is 5.73 Å². The Labute approximate surface area is 79.6 Å². The molecule has 0 aliphatic heterocycles. The van der Waals surface area contributed by atoms with Crippen LogP contribution in [0.4, 0.5) is 0 Å². The standard InChI is InChI=1S/C10H19NO2/c1-7(2)6-10(4-5-10)8(11)9(12)13-3/h7-8H,4-6,11H2,1-3H3. The molecule has 1 aliphatic carbocycles. The summed E-state index contributed by atoms with van der Waals surface area (Å²) in [5.74, 6) is 0.330. The van der Waals surface area contributed by atoms with Crippen LogP contribution in [0, 0.1) is 11.3 Å². The summed E-state index contributed by atoms with van der Waals surface area (Å²) in [4.78, 5) is 11.2. The third-order valence-corrected chi connectivity index (χ3v) is 2.82. The number of carbonyl (C=O) groups is 1. The summed E-state index contributed by atoms with van der Waals surface area (Å²) in [6, 6.07) is -0.417. The van der Waals surface area contributed by atoms with Gasteiger partial charge in [-0.05, 0) is 30.6 Å². The van der Waals surface area contributed by atoms with Gasteiger partial charge in [0.1, 0.15) is 6.04 Å². The van der Waals surface area contributed by atoms with Gasteiger partial charge in [0, 0.05) is 0 Å². The second-order valence-electron chi connectivity index (χ2n) is 4.46. The third kappa shape index (κ3) is 2.21. The van der Waals surface area contributed by atoms with Crippen molar-refractivity contribution in [2.24, 2.45) is 17.1 Å². The maximum absolute atomic E-state index is 11.2. The largest absolute Gasteiger partial charge is 0.468 e. The van der Waals surface area contributed by atoms with Crippen molar-refractivity contribution in [3.63, 3.8) is 0 Å². The molecule has 3 nitrogen and oxygen atoms in total. The van der Waals surface area contributed by atoms with Gasteiger partial charge in [-0.25, -0.2) is 0 Å². The van der Waals surface area contributed by atoms with Gasteiger partial charge in [-0.1, -0.05) is 13.8 Å². The van der Waals surface area contributed by atoms with Crippen LogP contribution in [0.25, 0.3) is 0 Å². The maximum atomic E-state index is 11.2. The molecule has 76 valence electrons. The Kier molecular flexibility index (Phi) is 2.96. The van der Waals surface area contributed by atoms with Crippen LogP contribution in [0.1, 0.15) is 33.1 Å². The first-order valence-corrected chi connectivity index (χ1v) is 4.85. The first-order valence-electron chi connectivity index (χ1n) is 4.85. The van der Waals surface area contributed by atoms with E-state index in [1.54, 1.807) is 0 Å². The van der Waals surface area contributed by atoms with E-state index in [0.29, 0.717) is 5.92 Å². The van der Waals surface area contributed by atoms with Crippen molar-refractivity contribution in [2.45, 2.75) is 39.2 Å². The fraction of sp³-hybridized carbons (Fsp3) is 0.900. The van der Waals surface area contributed by atoms with E-state index >= 15 is 0 Å². The molecular weight excluding hydrogens is 166 g/mol. The second kappa shape index (κ2) is 3.66. The van der Waals surface area contributed by atoms with Crippen molar-refractivity contribution in [3.8, 4) is 0 Å². The van der Waals surface area contributed by atoms with Crippen molar-refractivity contribution in [3.05, 3.63) is 0 Å². The highest BCUT2D eigenvalue weighted by atomic mass is 16.5. The lowest BCUT2D eigenvalue weighted by Crippen LogP contribution is -2.41. The molecule has 0 saturated heterocycles. The van der Waals surface area contributed by atoms with E-state index in [1.807, 2.05) is 0 Å². The molecule has 2 N–H and O–H groups in total. The van der Waals surface area contributed by atoms with Crippen molar-refractivity contribution >= 4 is 5.97 Å². The maximum Gasteiger partial charge on any atom is 0.323 e. The highest BCUT2D eigenvalue weighted by molar-refractivity contribution is 5.77. The molecule has 1 saturated carbocycles. The number of hydrogen-bond acceptors (Lipinski definition) is 3. The van der Waals surface area contributed by atoms with Gasteiger partial charge in [0.2, 0.25) is 0 Å². The van der Waals surface area contributed by atoms with Crippen LogP contribution in [0.2, 0.25) is 0 Å². The predicted octanol–water partition coefficient (Wildman–Crippen LogP) is 1.31. The van der Waals surface area contributed by atoms with Gasteiger partial charge in [0.25, 0.3) is 0 Å². The lowest BCUT2D eigenvalue weighted by molar-refractivity contribution is -0.144. The fourth-order valence-electron chi connectivity index (χ4n) is 1.99.